The van der Waals surface area contributed by atoms with Crippen molar-refractivity contribution in [2.45, 2.75) is 63.7 Å². The number of fused-ring (bicyclic) bond motifs is 2. The summed E-state index contributed by atoms with van der Waals surface area (Å²) in [6.45, 7) is 0. The van der Waals surface area contributed by atoms with Crippen LogP contribution in [0, 0.1) is 11.3 Å². The largest absolute Gasteiger partial charge is 0.324 e. The van der Waals surface area contributed by atoms with E-state index in [9.17, 15) is 13.6 Å². The van der Waals surface area contributed by atoms with Crippen molar-refractivity contribution in [2.75, 3.05) is 5.32 Å². The highest BCUT2D eigenvalue weighted by Crippen LogP contribution is 2.58. The van der Waals surface area contributed by atoms with Crippen LogP contribution in [0.15, 0.2) is 12.3 Å². The molecule has 5 heteroatoms. The SMILES string of the molecule is O=C(Nc1cnc2c(c1)CCC2)C12CCCCC1CC(F)(F)C2. The molecule has 23 heavy (non-hydrogen) atoms. The Labute approximate surface area is 134 Å². The van der Waals surface area contributed by atoms with Gasteiger partial charge in [0.2, 0.25) is 11.8 Å². The molecule has 0 bridgehead atoms. The van der Waals surface area contributed by atoms with Crippen molar-refractivity contribution in [3.8, 4) is 0 Å². The van der Waals surface area contributed by atoms with Gasteiger partial charge < -0.3 is 5.32 Å². The number of nitrogens with zero attached hydrogens (tertiary/aromatic N) is 1. The third-order valence-corrected chi connectivity index (χ3v) is 5.96. The van der Waals surface area contributed by atoms with E-state index >= 15 is 0 Å². The lowest BCUT2D eigenvalue weighted by Crippen LogP contribution is -2.41. The van der Waals surface area contributed by atoms with Gasteiger partial charge in [0.15, 0.2) is 0 Å². The number of hydrogen-bond donors (Lipinski definition) is 1. The summed E-state index contributed by atoms with van der Waals surface area (Å²) < 4.78 is 28.0. The van der Waals surface area contributed by atoms with Crippen molar-refractivity contribution in [1.29, 1.82) is 0 Å². The normalized spacial score (nSPS) is 31.5. The van der Waals surface area contributed by atoms with E-state index in [0.29, 0.717) is 12.1 Å². The van der Waals surface area contributed by atoms with Gasteiger partial charge in [-0.05, 0) is 49.7 Å². The summed E-state index contributed by atoms with van der Waals surface area (Å²) in [7, 11) is 0. The molecule has 1 aromatic rings. The second-order valence-corrected chi connectivity index (χ2v) is 7.47. The maximum Gasteiger partial charge on any atom is 0.249 e. The van der Waals surface area contributed by atoms with E-state index in [-0.39, 0.29) is 24.7 Å². The summed E-state index contributed by atoms with van der Waals surface area (Å²) >= 11 is 0. The molecule has 124 valence electrons. The molecule has 2 fully saturated rings. The van der Waals surface area contributed by atoms with E-state index in [2.05, 4.69) is 10.3 Å². The minimum absolute atomic E-state index is 0.136. The van der Waals surface area contributed by atoms with E-state index in [4.69, 9.17) is 0 Å². The summed E-state index contributed by atoms with van der Waals surface area (Å²) in [6.07, 6.45) is 7.44. The number of alkyl halides is 2. The number of aryl methyl sites for hydroxylation is 2. The molecule has 1 N–H and O–H groups in total. The summed E-state index contributed by atoms with van der Waals surface area (Å²) in [5, 5.41) is 2.91. The second-order valence-electron chi connectivity index (χ2n) is 7.47. The Morgan fingerprint density at radius 2 is 2.13 bits per heavy atom. The van der Waals surface area contributed by atoms with Crippen molar-refractivity contribution in [1.82, 2.24) is 4.98 Å². The highest BCUT2D eigenvalue weighted by atomic mass is 19.3. The zero-order chi connectivity index (χ0) is 16.1. The number of carbonyl (C=O) groups is 1. The number of pyridine rings is 1. The van der Waals surface area contributed by atoms with Crippen LogP contribution in [0.25, 0.3) is 0 Å². The monoisotopic (exact) mass is 320 g/mol. The van der Waals surface area contributed by atoms with Gasteiger partial charge in [0.25, 0.3) is 0 Å². The van der Waals surface area contributed by atoms with Gasteiger partial charge in [-0.25, -0.2) is 8.78 Å². The minimum atomic E-state index is -2.71. The van der Waals surface area contributed by atoms with E-state index in [0.717, 1.165) is 44.2 Å². The number of aromatic nitrogens is 1. The van der Waals surface area contributed by atoms with Gasteiger partial charge in [-0.2, -0.15) is 0 Å². The lowest BCUT2D eigenvalue weighted by Gasteiger charge is -2.37. The molecule has 2 unspecified atom stereocenters. The number of amides is 1. The number of carbonyl (C=O) groups excluding carboxylic acids is 1. The van der Waals surface area contributed by atoms with Gasteiger partial charge in [-0.1, -0.05) is 12.8 Å². The molecule has 0 radical (unpaired) electrons. The Bertz CT molecular complexity index is 646. The molecule has 4 rings (SSSR count). The predicted octanol–water partition coefficient (Wildman–Crippen LogP) is 4.11. The van der Waals surface area contributed by atoms with Crippen LogP contribution in [0.5, 0.6) is 0 Å². The molecule has 1 aromatic heterocycles. The molecule has 0 aliphatic heterocycles. The minimum Gasteiger partial charge on any atom is -0.324 e. The molecule has 1 amide bonds. The Kier molecular flexibility index (Phi) is 3.43. The summed E-state index contributed by atoms with van der Waals surface area (Å²) in [5.74, 6) is -3.12. The van der Waals surface area contributed by atoms with Gasteiger partial charge in [-0.3, -0.25) is 9.78 Å². The molecule has 0 saturated heterocycles. The van der Waals surface area contributed by atoms with Crippen molar-refractivity contribution in [2.24, 2.45) is 11.3 Å². The fraction of sp³-hybridized carbons (Fsp3) is 0.667. The molecule has 2 saturated carbocycles. The van der Waals surface area contributed by atoms with Crippen molar-refractivity contribution in [3.63, 3.8) is 0 Å². The van der Waals surface area contributed by atoms with Gasteiger partial charge in [0.1, 0.15) is 0 Å². The first kappa shape index (κ1) is 15.0. The summed E-state index contributed by atoms with van der Waals surface area (Å²) in [5.41, 5.74) is 2.05. The first-order valence-corrected chi connectivity index (χ1v) is 8.66. The maximum absolute atomic E-state index is 14.0. The molecule has 3 nitrogen and oxygen atoms in total. The Balaban J connectivity index is 1.58. The molecular weight excluding hydrogens is 298 g/mol. The molecule has 0 spiro atoms. The van der Waals surface area contributed by atoms with Crippen LogP contribution >= 0.6 is 0 Å². The highest BCUT2D eigenvalue weighted by molar-refractivity contribution is 5.96. The molecule has 2 atom stereocenters. The van der Waals surface area contributed by atoms with Crippen molar-refractivity contribution < 1.29 is 13.6 Å². The number of anilines is 1. The highest BCUT2D eigenvalue weighted by Gasteiger charge is 2.60. The third-order valence-electron chi connectivity index (χ3n) is 5.96. The van der Waals surface area contributed by atoms with Crippen LogP contribution in [0.3, 0.4) is 0 Å². The van der Waals surface area contributed by atoms with Gasteiger partial charge >= 0.3 is 0 Å². The quantitative estimate of drug-likeness (QED) is 0.891. The fourth-order valence-corrected chi connectivity index (χ4v) is 4.87. The van der Waals surface area contributed by atoms with Crippen molar-refractivity contribution in [3.05, 3.63) is 23.5 Å². The third kappa shape index (κ3) is 2.54. The van der Waals surface area contributed by atoms with Gasteiger partial charge in [0, 0.05) is 18.5 Å². The Morgan fingerprint density at radius 1 is 1.26 bits per heavy atom. The number of halogens is 2. The summed E-state index contributed by atoms with van der Waals surface area (Å²) in [6, 6.07) is 1.97. The standard InChI is InChI=1S/C18H22F2N2O/c19-18(20)9-13-5-1-2-7-17(13,11-18)16(23)22-14-8-12-4-3-6-15(12)21-10-14/h8,10,13H,1-7,9,11H2,(H,22,23). The zero-order valence-corrected chi connectivity index (χ0v) is 13.2. The van der Waals surface area contributed by atoms with Gasteiger partial charge in [-0.15, -0.1) is 0 Å². The van der Waals surface area contributed by atoms with Crippen LogP contribution < -0.4 is 5.32 Å². The van der Waals surface area contributed by atoms with Crippen LogP contribution in [0.4, 0.5) is 14.5 Å². The van der Waals surface area contributed by atoms with E-state index < -0.39 is 11.3 Å². The summed E-state index contributed by atoms with van der Waals surface area (Å²) in [4.78, 5) is 17.3. The zero-order valence-electron chi connectivity index (χ0n) is 13.2. The lowest BCUT2D eigenvalue weighted by atomic mass is 9.67. The first-order valence-electron chi connectivity index (χ1n) is 8.66. The fourth-order valence-electron chi connectivity index (χ4n) is 4.87. The maximum atomic E-state index is 14.0. The Hall–Kier alpha value is -1.52. The molecule has 3 aliphatic carbocycles. The smallest absolute Gasteiger partial charge is 0.249 e. The average Bonchev–Trinajstić information content (AvgIpc) is 3.06. The molecule has 3 aliphatic rings. The van der Waals surface area contributed by atoms with Crippen molar-refractivity contribution >= 4 is 11.6 Å². The van der Waals surface area contributed by atoms with Gasteiger partial charge in [0.05, 0.1) is 17.3 Å². The topological polar surface area (TPSA) is 42.0 Å². The van der Waals surface area contributed by atoms with E-state index in [1.807, 2.05) is 6.07 Å². The lowest BCUT2D eigenvalue weighted by molar-refractivity contribution is -0.130. The first-order chi connectivity index (χ1) is 11.0. The molecule has 0 aromatic carbocycles. The number of rotatable bonds is 2. The Morgan fingerprint density at radius 3 is 3.00 bits per heavy atom. The predicted molar refractivity (Wildman–Crippen MR) is 83.5 cm³/mol. The van der Waals surface area contributed by atoms with E-state index in [1.54, 1.807) is 6.20 Å². The van der Waals surface area contributed by atoms with Crippen LogP contribution in [0.1, 0.15) is 56.2 Å². The van der Waals surface area contributed by atoms with Crippen LogP contribution in [0.2, 0.25) is 0 Å². The molecule has 1 heterocycles. The van der Waals surface area contributed by atoms with E-state index in [1.165, 1.54) is 5.56 Å². The number of nitrogens with one attached hydrogen (secondary N) is 1. The molecular formula is C18H22F2N2O. The van der Waals surface area contributed by atoms with Crippen LogP contribution in [-0.4, -0.2) is 16.8 Å². The number of hydrogen-bond acceptors (Lipinski definition) is 2. The van der Waals surface area contributed by atoms with Crippen LogP contribution in [-0.2, 0) is 17.6 Å². The second kappa shape index (κ2) is 5.25. The average molecular weight is 320 g/mol.